The van der Waals surface area contributed by atoms with E-state index in [-0.39, 0.29) is 18.4 Å². The lowest BCUT2D eigenvalue weighted by molar-refractivity contribution is 0.0656. The van der Waals surface area contributed by atoms with Gasteiger partial charge in [0.25, 0.3) is 11.8 Å². The lowest BCUT2D eigenvalue weighted by atomic mass is 10.0. The van der Waals surface area contributed by atoms with Gasteiger partial charge in [0.1, 0.15) is 19.6 Å². The van der Waals surface area contributed by atoms with Gasteiger partial charge in [0, 0.05) is 12.6 Å². The lowest BCUT2D eigenvalue weighted by Gasteiger charge is -2.17. The molecule has 0 saturated heterocycles. The first kappa shape index (κ1) is 20.7. The van der Waals surface area contributed by atoms with Crippen LogP contribution >= 0.6 is 0 Å². The molecule has 1 aliphatic heterocycles. The van der Waals surface area contributed by atoms with E-state index in [0.717, 1.165) is 11.1 Å². The lowest BCUT2D eigenvalue weighted by Crippen LogP contribution is -2.31. The Bertz CT molecular complexity index is 992. The van der Waals surface area contributed by atoms with E-state index < -0.39 is 8.07 Å². The largest absolute Gasteiger partial charge is 0.497 e. The molecule has 0 radical (unpaired) electrons. The van der Waals surface area contributed by atoms with Crippen molar-refractivity contribution in [3.05, 3.63) is 58.7 Å². The number of imide groups is 1. The van der Waals surface area contributed by atoms with Crippen LogP contribution in [0.25, 0.3) is 0 Å². The summed E-state index contributed by atoms with van der Waals surface area (Å²) in [6, 6.07) is 10.6. The third-order valence-corrected chi connectivity index (χ3v) is 5.53. The molecule has 6 heteroatoms. The Morgan fingerprint density at radius 1 is 0.966 bits per heavy atom. The van der Waals surface area contributed by atoms with Gasteiger partial charge in [0.15, 0.2) is 0 Å². The zero-order chi connectivity index (χ0) is 21.2. The van der Waals surface area contributed by atoms with Crippen LogP contribution in [0.2, 0.25) is 19.6 Å². The number of benzene rings is 2. The maximum Gasteiger partial charge on any atom is 0.261 e. The van der Waals surface area contributed by atoms with Crippen LogP contribution in [0, 0.1) is 11.5 Å². The van der Waals surface area contributed by atoms with Crippen molar-refractivity contribution in [3.8, 4) is 23.0 Å². The molecule has 2 aromatic carbocycles. The second-order valence-corrected chi connectivity index (χ2v) is 12.7. The number of methoxy groups -OCH3 is 2. The number of fused-ring (bicyclic) bond motifs is 1. The molecular weight excluding hydrogens is 382 g/mol. The topological polar surface area (TPSA) is 55.8 Å². The molecule has 0 fully saturated rings. The molecular formula is C23H25NO4Si. The fourth-order valence-electron chi connectivity index (χ4n) is 3.19. The summed E-state index contributed by atoms with van der Waals surface area (Å²) in [5.74, 6) is 4.06. The Labute approximate surface area is 172 Å². The average molecular weight is 408 g/mol. The highest BCUT2D eigenvalue weighted by atomic mass is 28.3. The minimum absolute atomic E-state index is 0.254. The monoisotopic (exact) mass is 407 g/mol. The predicted octanol–water partition coefficient (Wildman–Crippen LogP) is 3.77. The third kappa shape index (κ3) is 4.35. The van der Waals surface area contributed by atoms with Gasteiger partial charge in [-0.15, -0.1) is 5.54 Å². The summed E-state index contributed by atoms with van der Waals surface area (Å²) in [6.07, 6.45) is 0.467. The average Bonchev–Trinajstić information content (AvgIpc) is 2.94. The van der Waals surface area contributed by atoms with Gasteiger partial charge in [-0.25, -0.2) is 0 Å². The van der Waals surface area contributed by atoms with Gasteiger partial charge in [0.05, 0.1) is 30.9 Å². The van der Waals surface area contributed by atoms with Crippen LogP contribution in [0.1, 0.15) is 31.8 Å². The van der Waals surface area contributed by atoms with E-state index in [1.54, 1.807) is 44.6 Å². The zero-order valence-electron chi connectivity index (χ0n) is 17.5. The Morgan fingerprint density at radius 3 is 2.10 bits per heavy atom. The van der Waals surface area contributed by atoms with E-state index in [1.807, 2.05) is 6.07 Å². The molecule has 0 N–H and O–H groups in total. The van der Waals surface area contributed by atoms with Crippen molar-refractivity contribution in [2.24, 2.45) is 0 Å². The predicted molar refractivity (Wildman–Crippen MR) is 115 cm³/mol. The number of carbonyl (C=O) groups is 2. The van der Waals surface area contributed by atoms with E-state index in [9.17, 15) is 9.59 Å². The highest BCUT2D eigenvalue weighted by molar-refractivity contribution is 6.83. The number of hydrogen-bond acceptors (Lipinski definition) is 4. The molecule has 150 valence electrons. The van der Waals surface area contributed by atoms with E-state index >= 15 is 0 Å². The molecule has 5 nitrogen and oxygen atoms in total. The van der Waals surface area contributed by atoms with Gasteiger partial charge in [-0.3, -0.25) is 14.5 Å². The summed E-state index contributed by atoms with van der Waals surface area (Å²) in [5.41, 5.74) is 5.96. The first-order valence-corrected chi connectivity index (χ1v) is 13.0. The number of nitrogens with zero attached hydrogens (tertiary/aromatic N) is 1. The Hall–Kier alpha value is -3.04. The van der Waals surface area contributed by atoms with E-state index in [2.05, 4.69) is 31.1 Å². The van der Waals surface area contributed by atoms with Crippen LogP contribution < -0.4 is 9.47 Å². The molecule has 0 aliphatic carbocycles. The highest BCUT2D eigenvalue weighted by Gasteiger charge is 2.34. The fourth-order valence-corrected chi connectivity index (χ4v) is 3.69. The molecule has 1 aliphatic rings. The molecule has 0 aromatic heterocycles. The van der Waals surface area contributed by atoms with Gasteiger partial charge in [-0.2, -0.15) is 0 Å². The molecule has 2 amide bonds. The summed E-state index contributed by atoms with van der Waals surface area (Å²) in [4.78, 5) is 26.6. The molecule has 2 aromatic rings. The quantitative estimate of drug-likeness (QED) is 0.430. The molecule has 29 heavy (non-hydrogen) atoms. The van der Waals surface area contributed by atoms with Crippen molar-refractivity contribution in [2.45, 2.75) is 26.1 Å². The van der Waals surface area contributed by atoms with Crippen LogP contribution in [0.15, 0.2) is 36.4 Å². The Morgan fingerprint density at radius 2 is 1.59 bits per heavy atom. The summed E-state index contributed by atoms with van der Waals surface area (Å²) >= 11 is 0. The maximum atomic E-state index is 12.7. The first-order chi connectivity index (χ1) is 13.7. The molecule has 0 saturated carbocycles. The van der Waals surface area contributed by atoms with Crippen LogP contribution in [0.3, 0.4) is 0 Å². The van der Waals surface area contributed by atoms with Gasteiger partial charge in [0.2, 0.25) is 0 Å². The zero-order valence-corrected chi connectivity index (χ0v) is 18.5. The van der Waals surface area contributed by atoms with Gasteiger partial charge in [-0.1, -0.05) is 37.7 Å². The highest BCUT2D eigenvalue weighted by Crippen LogP contribution is 2.30. The number of ether oxygens (including phenoxy) is 2. The van der Waals surface area contributed by atoms with Crippen molar-refractivity contribution in [1.29, 1.82) is 0 Å². The smallest absolute Gasteiger partial charge is 0.261 e. The minimum atomic E-state index is -1.60. The number of hydrogen-bond donors (Lipinski definition) is 0. The van der Waals surface area contributed by atoms with E-state index in [0.29, 0.717) is 29.0 Å². The summed E-state index contributed by atoms with van der Waals surface area (Å²) in [5, 5.41) is 0. The van der Waals surface area contributed by atoms with Gasteiger partial charge >= 0.3 is 0 Å². The van der Waals surface area contributed by atoms with Crippen LogP contribution in [0.4, 0.5) is 0 Å². The van der Waals surface area contributed by atoms with E-state index in [1.165, 1.54) is 4.90 Å². The van der Waals surface area contributed by atoms with E-state index in [4.69, 9.17) is 9.47 Å². The van der Waals surface area contributed by atoms with Gasteiger partial charge in [-0.05, 0) is 30.2 Å². The van der Waals surface area contributed by atoms with Crippen LogP contribution in [-0.4, -0.2) is 45.6 Å². The molecule has 3 rings (SSSR count). The summed E-state index contributed by atoms with van der Waals surface area (Å²) in [7, 11) is 1.59. The second-order valence-electron chi connectivity index (χ2n) is 7.92. The normalized spacial score (nSPS) is 13.1. The first-order valence-electron chi connectivity index (χ1n) is 9.48. The van der Waals surface area contributed by atoms with Gasteiger partial charge < -0.3 is 9.47 Å². The van der Waals surface area contributed by atoms with Crippen molar-refractivity contribution in [1.82, 2.24) is 4.90 Å². The Kier molecular flexibility index (Phi) is 5.80. The van der Waals surface area contributed by atoms with Crippen molar-refractivity contribution in [3.63, 3.8) is 0 Å². The fraction of sp³-hybridized carbons (Fsp3) is 0.304. The minimum Gasteiger partial charge on any atom is -0.497 e. The molecule has 0 spiro atoms. The van der Waals surface area contributed by atoms with Crippen LogP contribution in [0.5, 0.6) is 11.5 Å². The van der Waals surface area contributed by atoms with Crippen molar-refractivity contribution >= 4 is 19.9 Å². The third-order valence-electron chi connectivity index (χ3n) is 4.66. The van der Waals surface area contributed by atoms with Crippen LogP contribution in [-0.2, 0) is 6.42 Å². The summed E-state index contributed by atoms with van der Waals surface area (Å²) < 4.78 is 10.9. The maximum absolute atomic E-state index is 12.7. The standard InChI is InChI=1S/C23H25NO4Si/c1-27-17-14-16(18(21(15-17)28-2)11-13-29(3,4)5)10-12-24-22(25)19-8-6-7-9-20(19)23(24)26/h6-9,14-15H,10,12H2,1-5H3. The molecule has 0 bridgehead atoms. The molecule has 1 heterocycles. The van der Waals surface area contributed by atoms with Crippen molar-refractivity contribution < 1.29 is 19.1 Å². The number of carbonyl (C=O) groups excluding carboxylic acids is 2. The number of amides is 2. The second kappa shape index (κ2) is 8.14. The summed E-state index contributed by atoms with van der Waals surface area (Å²) in [6.45, 7) is 6.79. The Balaban J connectivity index is 1.93. The SMILES string of the molecule is COc1cc(CCN2C(=O)c3ccccc3C2=O)c(C#C[Si](C)(C)C)c(OC)c1. The number of rotatable bonds is 5. The molecule has 0 atom stereocenters. The van der Waals surface area contributed by atoms with Crippen molar-refractivity contribution in [2.75, 3.05) is 20.8 Å². The molecule has 0 unspecified atom stereocenters.